The van der Waals surface area contributed by atoms with Gasteiger partial charge in [-0.2, -0.15) is 0 Å². The molecule has 0 aliphatic carbocycles. The Labute approximate surface area is 158 Å². The van der Waals surface area contributed by atoms with Gasteiger partial charge in [0.1, 0.15) is 0 Å². The highest BCUT2D eigenvalue weighted by Gasteiger charge is 2.12. The van der Waals surface area contributed by atoms with Crippen LogP contribution in [0.5, 0.6) is 0 Å². The molecule has 0 atom stereocenters. The number of hydrogen-bond acceptors (Lipinski definition) is 4. The normalized spacial score (nSPS) is 11.2. The largest absolute Gasteiger partial charge is 0.382 e. The molecule has 0 fully saturated rings. The number of aromatic nitrogens is 2. The summed E-state index contributed by atoms with van der Waals surface area (Å²) in [6.45, 7) is 6.16. The molecule has 3 aromatic rings. The van der Waals surface area contributed by atoms with Crippen LogP contribution < -0.4 is 5.32 Å². The predicted molar refractivity (Wildman–Crippen MR) is 106 cm³/mol. The van der Waals surface area contributed by atoms with Crippen molar-refractivity contribution in [2.45, 2.75) is 33.1 Å². The van der Waals surface area contributed by atoms with E-state index in [4.69, 9.17) is 9.72 Å². The van der Waals surface area contributed by atoms with Gasteiger partial charge in [0.2, 0.25) is 5.91 Å². The van der Waals surface area contributed by atoms with Crippen LogP contribution in [0.25, 0.3) is 16.2 Å². The third-order valence-corrected chi connectivity index (χ3v) is 5.16. The molecule has 0 aliphatic rings. The first-order valence-corrected chi connectivity index (χ1v) is 9.98. The average molecular weight is 372 g/mol. The number of hydrogen-bond donors (Lipinski definition) is 1. The number of nitrogens with zero attached hydrogens (tertiary/aromatic N) is 2. The molecule has 2 heterocycles. The summed E-state index contributed by atoms with van der Waals surface area (Å²) < 4.78 is 7.30. The molecule has 5 nitrogen and oxygen atoms in total. The van der Waals surface area contributed by atoms with E-state index < -0.39 is 0 Å². The molecule has 0 saturated carbocycles. The van der Waals surface area contributed by atoms with Crippen LogP contribution in [0, 0.1) is 0 Å². The fraction of sp³-hybridized carbons (Fsp3) is 0.400. The van der Waals surface area contributed by atoms with E-state index in [1.165, 1.54) is 5.56 Å². The Morgan fingerprint density at radius 3 is 2.81 bits per heavy atom. The number of fused-ring (bicyclic) bond motifs is 1. The highest BCUT2D eigenvalue weighted by Crippen LogP contribution is 2.24. The Bertz CT molecular complexity index is 852. The van der Waals surface area contributed by atoms with Gasteiger partial charge in [-0.25, -0.2) is 4.98 Å². The van der Waals surface area contributed by atoms with Gasteiger partial charge in [-0.1, -0.05) is 31.2 Å². The summed E-state index contributed by atoms with van der Waals surface area (Å²) in [5, 5.41) is 4.95. The topological polar surface area (TPSA) is 55.6 Å². The van der Waals surface area contributed by atoms with Crippen LogP contribution in [0.2, 0.25) is 0 Å². The number of thiazole rings is 1. The van der Waals surface area contributed by atoms with Crippen molar-refractivity contribution in [3.05, 3.63) is 47.1 Å². The molecule has 6 heteroatoms. The Kier molecular flexibility index (Phi) is 6.41. The van der Waals surface area contributed by atoms with Crippen molar-refractivity contribution in [1.82, 2.24) is 14.7 Å². The molecule has 0 radical (unpaired) electrons. The van der Waals surface area contributed by atoms with E-state index in [2.05, 4.69) is 36.5 Å². The number of rotatable bonds is 9. The van der Waals surface area contributed by atoms with Gasteiger partial charge in [0.25, 0.3) is 0 Å². The summed E-state index contributed by atoms with van der Waals surface area (Å²) in [5.74, 6) is 0.0312. The quantitative estimate of drug-likeness (QED) is 0.584. The first-order chi connectivity index (χ1) is 12.7. The lowest BCUT2D eigenvalue weighted by atomic mass is 10.1. The Morgan fingerprint density at radius 1 is 1.27 bits per heavy atom. The summed E-state index contributed by atoms with van der Waals surface area (Å²) in [6.07, 6.45) is 4.24. The van der Waals surface area contributed by atoms with Crippen LogP contribution in [-0.4, -0.2) is 35.1 Å². The molecule has 3 rings (SSSR count). The molecule has 1 amide bonds. The number of nitrogens with one attached hydrogen (secondary N) is 1. The van der Waals surface area contributed by atoms with Crippen LogP contribution in [0.4, 0.5) is 0 Å². The maximum Gasteiger partial charge on any atom is 0.225 e. The molecule has 2 aromatic heterocycles. The van der Waals surface area contributed by atoms with Gasteiger partial charge in [0.05, 0.1) is 12.1 Å². The molecule has 0 saturated heterocycles. The zero-order valence-electron chi connectivity index (χ0n) is 15.3. The van der Waals surface area contributed by atoms with Crippen molar-refractivity contribution in [1.29, 1.82) is 0 Å². The third-order valence-electron chi connectivity index (χ3n) is 4.27. The second-order valence-corrected chi connectivity index (χ2v) is 6.97. The van der Waals surface area contributed by atoms with E-state index >= 15 is 0 Å². The average Bonchev–Trinajstić information content (AvgIpc) is 3.24. The lowest BCUT2D eigenvalue weighted by Gasteiger charge is -2.05. The number of amides is 1. The SMILES string of the molecule is CCOCCCNC(=O)Cc1csc2nc(-c3ccc(CC)cc3)cn12. The highest BCUT2D eigenvalue weighted by atomic mass is 32.1. The number of carbonyl (C=O) groups excluding carboxylic acids is 1. The molecule has 26 heavy (non-hydrogen) atoms. The van der Waals surface area contributed by atoms with E-state index in [1.807, 2.05) is 22.9 Å². The van der Waals surface area contributed by atoms with E-state index in [-0.39, 0.29) is 5.91 Å². The van der Waals surface area contributed by atoms with Crippen molar-refractivity contribution >= 4 is 22.2 Å². The van der Waals surface area contributed by atoms with Crippen LogP contribution >= 0.6 is 11.3 Å². The van der Waals surface area contributed by atoms with Crippen LogP contribution in [0.1, 0.15) is 31.5 Å². The van der Waals surface area contributed by atoms with Gasteiger partial charge >= 0.3 is 0 Å². The monoisotopic (exact) mass is 371 g/mol. The van der Waals surface area contributed by atoms with Gasteiger partial charge in [0.15, 0.2) is 4.96 Å². The standard InChI is InChI=1S/C20H25N3O2S/c1-3-15-6-8-16(9-7-15)18-13-23-17(14-26-20(23)22-18)12-19(24)21-10-5-11-25-4-2/h6-9,13-14H,3-5,10-12H2,1-2H3,(H,21,24). The molecule has 0 spiro atoms. The van der Waals surface area contributed by atoms with Gasteiger partial charge < -0.3 is 10.1 Å². The molecule has 0 unspecified atom stereocenters. The summed E-state index contributed by atoms with van der Waals surface area (Å²) in [6, 6.07) is 8.49. The molecule has 1 N–H and O–H groups in total. The van der Waals surface area contributed by atoms with Crippen molar-refractivity contribution in [2.75, 3.05) is 19.8 Å². The maximum atomic E-state index is 12.2. The Morgan fingerprint density at radius 2 is 2.08 bits per heavy atom. The van der Waals surface area contributed by atoms with Crippen molar-refractivity contribution in [2.24, 2.45) is 0 Å². The van der Waals surface area contributed by atoms with Gasteiger partial charge in [0, 0.05) is 42.6 Å². The predicted octanol–water partition coefficient (Wildman–Crippen LogP) is 3.71. The van der Waals surface area contributed by atoms with Gasteiger partial charge in [-0.15, -0.1) is 11.3 Å². The van der Waals surface area contributed by atoms with Crippen LogP contribution in [-0.2, 0) is 22.4 Å². The summed E-state index contributed by atoms with van der Waals surface area (Å²) >= 11 is 1.57. The van der Waals surface area contributed by atoms with Gasteiger partial charge in [-0.05, 0) is 25.3 Å². The van der Waals surface area contributed by atoms with E-state index in [0.29, 0.717) is 26.2 Å². The third kappa shape index (κ3) is 4.51. The lowest BCUT2D eigenvalue weighted by Crippen LogP contribution is -2.27. The fourth-order valence-electron chi connectivity index (χ4n) is 2.78. The summed E-state index contributed by atoms with van der Waals surface area (Å²) in [4.78, 5) is 17.8. The van der Waals surface area contributed by atoms with E-state index in [9.17, 15) is 4.79 Å². The minimum Gasteiger partial charge on any atom is -0.382 e. The Balaban J connectivity index is 1.64. The number of benzene rings is 1. The fourth-order valence-corrected chi connectivity index (χ4v) is 3.65. The summed E-state index contributed by atoms with van der Waals surface area (Å²) in [5.41, 5.74) is 4.33. The van der Waals surface area contributed by atoms with Crippen molar-refractivity contribution < 1.29 is 9.53 Å². The van der Waals surface area contributed by atoms with E-state index in [1.54, 1.807) is 11.3 Å². The lowest BCUT2D eigenvalue weighted by molar-refractivity contribution is -0.120. The molecular weight excluding hydrogens is 346 g/mol. The second-order valence-electron chi connectivity index (χ2n) is 6.13. The van der Waals surface area contributed by atoms with Crippen molar-refractivity contribution in [3.8, 4) is 11.3 Å². The zero-order chi connectivity index (χ0) is 18.4. The highest BCUT2D eigenvalue weighted by molar-refractivity contribution is 7.15. The molecule has 1 aromatic carbocycles. The number of ether oxygens (including phenoxy) is 1. The maximum absolute atomic E-state index is 12.2. The minimum atomic E-state index is 0.0312. The van der Waals surface area contributed by atoms with Crippen LogP contribution in [0.3, 0.4) is 0 Å². The number of carbonyl (C=O) groups is 1. The summed E-state index contributed by atoms with van der Waals surface area (Å²) in [7, 11) is 0. The number of imidazole rings is 1. The van der Waals surface area contributed by atoms with Crippen LogP contribution in [0.15, 0.2) is 35.8 Å². The zero-order valence-corrected chi connectivity index (χ0v) is 16.1. The molecule has 0 aliphatic heterocycles. The van der Waals surface area contributed by atoms with E-state index in [0.717, 1.165) is 34.8 Å². The smallest absolute Gasteiger partial charge is 0.225 e. The number of aryl methyl sites for hydroxylation is 1. The van der Waals surface area contributed by atoms with Gasteiger partial charge in [-0.3, -0.25) is 9.20 Å². The second kappa shape index (κ2) is 8.96. The molecular formula is C20H25N3O2S. The molecule has 138 valence electrons. The van der Waals surface area contributed by atoms with Crippen molar-refractivity contribution in [3.63, 3.8) is 0 Å². The molecule has 0 bridgehead atoms. The minimum absolute atomic E-state index is 0.0312. The first-order valence-electron chi connectivity index (χ1n) is 9.10. The first kappa shape index (κ1) is 18.6. The Hall–Kier alpha value is -2.18.